The first kappa shape index (κ1) is 12.9. The first-order chi connectivity index (χ1) is 8.11. The lowest BCUT2D eigenvalue weighted by atomic mass is 9.99. The molecule has 1 aliphatic carbocycles. The molecule has 0 aliphatic heterocycles. The molecule has 1 saturated carbocycles. The summed E-state index contributed by atoms with van der Waals surface area (Å²) in [4.78, 5) is 0.712. The number of alkyl halides is 1. The first-order valence-corrected chi connectivity index (χ1v) is 7.31. The van der Waals surface area contributed by atoms with E-state index in [2.05, 4.69) is 41.9 Å². The summed E-state index contributed by atoms with van der Waals surface area (Å²) in [5, 5.41) is 0. The molecule has 0 N–H and O–H groups in total. The van der Waals surface area contributed by atoms with E-state index in [9.17, 15) is 0 Å². The second kappa shape index (κ2) is 5.43. The van der Waals surface area contributed by atoms with Crippen molar-refractivity contribution in [2.24, 2.45) is 5.92 Å². The lowest BCUT2D eigenvalue weighted by Crippen LogP contribution is -2.03. The van der Waals surface area contributed by atoms with Crippen LogP contribution < -0.4 is 4.74 Å². The summed E-state index contributed by atoms with van der Waals surface area (Å²) in [6, 6.07) is 4.44. The Hall–Kier alpha value is -0.500. The van der Waals surface area contributed by atoms with Crippen LogP contribution in [0.4, 0.5) is 0 Å². The number of aryl methyl sites for hydroxylation is 3. The van der Waals surface area contributed by atoms with Crippen molar-refractivity contribution in [3.8, 4) is 5.75 Å². The molecule has 1 unspecified atom stereocenters. The molecule has 1 aliphatic rings. The summed E-state index contributed by atoms with van der Waals surface area (Å²) in [6.45, 7) is 4.30. The molecule has 0 heterocycles. The minimum atomic E-state index is 0.712. The van der Waals surface area contributed by atoms with E-state index < -0.39 is 0 Å². The Kier molecular flexibility index (Phi) is 4.13. The van der Waals surface area contributed by atoms with Gasteiger partial charge in [0.2, 0.25) is 0 Å². The van der Waals surface area contributed by atoms with E-state index in [0.717, 1.165) is 11.7 Å². The van der Waals surface area contributed by atoms with Crippen LogP contribution in [0.25, 0.3) is 0 Å². The monoisotopic (exact) mass is 296 g/mol. The summed E-state index contributed by atoms with van der Waals surface area (Å²) in [5.41, 5.74) is 4.06. The Balaban J connectivity index is 2.02. The van der Waals surface area contributed by atoms with Gasteiger partial charge >= 0.3 is 0 Å². The zero-order chi connectivity index (χ0) is 12.4. The first-order valence-electron chi connectivity index (χ1n) is 6.40. The van der Waals surface area contributed by atoms with Gasteiger partial charge in [-0.1, -0.05) is 22.0 Å². The number of halogens is 1. The second-order valence-electron chi connectivity index (χ2n) is 5.14. The molecule has 0 radical (unpaired) electrons. The van der Waals surface area contributed by atoms with Gasteiger partial charge in [-0.3, -0.25) is 0 Å². The van der Waals surface area contributed by atoms with Gasteiger partial charge in [0.05, 0.1) is 7.11 Å². The molecule has 1 aromatic carbocycles. The van der Waals surface area contributed by atoms with E-state index in [1.807, 2.05) is 0 Å². The van der Waals surface area contributed by atoms with E-state index in [-0.39, 0.29) is 0 Å². The summed E-state index contributed by atoms with van der Waals surface area (Å²) < 4.78 is 5.35. The minimum Gasteiger partial charge on any atom is -0.496 e. The van der Waals surface area contributed by atoms with Crippen molar-refractivity contribution in [1.29, 1.82) is 0 Å². The van der Waals surface area contributed by atoms with Crippen molar-refractivity contribution in [3.05, 3.63) is 28.8 Å². The maximum absolute atomic E-state index is 5.35. The van der Waals surface area contributed by atoms with Crippen LogP contribution in [0.3, 0.4) is 0 Å². The van der Waals surface area contributed by atoms with Gasteiger partial charge in [0.1, 0.15) is 5.75 Å². The summed E-state index contributed by atoms with van der Waals surface area (Å²) in [6.07, 6.45) is 5.24. The molecule has 1 aromatic rings. The fourth-order valence-electron chi connectivity index (χ4n) is 2.33. The van der Waals surface area contributed by atoms with E-state index in [4.69, 9.17) is 4.74 Å². The highest BCUT2D eigenvalue weighted by molar-refractivity contribution is 9.09. The maximum atomic E-state index is 5.35. The lowest BCUT2D eigenvalue weighted by molar-refractivity contribution is 0.411. The number of hydrogen-bond acceptors (Lipinski definition) is 1. The van der Waals surface area contributed by atoms with Gasteiger partial charge in [0.15, 0.2) is 0 Å². The largest absolute Gasteiger partial charge is 0.496 e. The van der Waals surface area contributed by atoms with Crippen LogP contribution in [-0.2, 0) is 6.42 Å². The van der Waals surface area contributed by atoms with Crippen molar-refractivity contribution in [3.63, 3.8) is 0 Å². The average molecular weight is 297 g/mol. The third-order valence-corrected chi connectivity index (χ3v) is 4.88. The van der Waals surface area contributed by atoms with E-state index in [1.54, 1.807) is 7.11 Å². The van der Waals surface area contributed by atoms with Crippen molar-refractivity contribution in [1.82, 2.24) is 0 Å². The molecule has 2 rings (SSSR count). The summed E-state index contributed by atoms with van der Waals surface area (Å²) in [7, 11) is 1.74. The van der Waals surface area contributed by atoms with E-state index in [1.165, 1.54) is 42.4 Å². The van der Waals surface area contributed by atoms with Gasteiger partial charge < -0.3 is 4.74 Å². The fourth-order valence-corrected chi connectivity index (χ4v) is 3.08. The topological polar surface area (TPSA) is 9.23 Å². The zero-order valence-corrected chi connectivity index (χ0v) is 12.5. The Morgan fingerprint density at radius 1 is 1.29 bits per heavy atom. The van der Waals surface area contributed by atoms with Crippen molar-refractivity contribution >= 4 is 15.9 Å². The highest BCUT2D eigenvalue weighted by Gasteiger charge is 2.28. The zero-order valence-electron chi connectivity index (χ0n) is 10.9. The molecular weight excluding hydrogens is 276 g/mol. The predicted octanol–water partition coefficient (Wildman–Crippen LogP) is 4.42. The molecule has 1 fully saturated rings. The van der Waals surface area contributed by atoms with Crippen molar-refractivity contribution in [2.75, 3.05) is 7.11 Å². The minimum absolute atomic E-state index is 0.712. The predicted molar refractivity (Wildman–Crippen MR) is 76.2 cm³/mol. The van der Waals surface area contributed by atoms with Crippen LogP contribution in [-0.4, -0.2) is 11.9 Å². The molecule has 2 heteroatoms. The van der Waals surface area contributed by atoms with E-state index in [0.29, 0.717) is 4.83 Å². The highest BCUT2D eigenvalue weighted by atomic mass is 79.9. The highest BCUT2D eigenvalue weighted by Crippen LogP contribution is 2.38. The van der Waals surface area contributed by atoms with Crippen LogP contribution in [0.5, 0.6) is 5.75 Å². The van der Waals surface area contributed by atoms with Gasteiger partial charge in [-0.15, -0.1) is 0 Å². The third kappa shape index (κ3) is 3.25. The van der Waals surface area contributed by atoms with Crippen LogP contribution in [0.1, 0.15) is 36.0 Å². The maximum Gasteiger partial charge on any atom is 0.122 e. The van der Waals surface area contributed by atoms with Gasteiger partial charge in [-0.25, -0.2) is 0 Å². The standard InChI is InChI=1S/C15H21BrO/c1-10-9-15(17-3)11(2)8-13(10)6-7-14(16)12-4-5-12/h8-9,12,14H,4-7H2,1-3H3. The normalized spacial score (nSPS) is 16.9. The fraction of sp³-hybridized carbons (Fsp3) is 0.600. The Labute approximate surface area is 113 Å². The molecule has 0 aromatic heterocycles. The SMILES string of the molecule is COc1cc(C)c(CCC(Br)C2CC2)cc1C. The molecular formula is C15H21BrO. The Morgan fingerprint density at radius 2 is 2.00 bits per heavy atom. The Morgan fingerprint density at radius 3 is 2.59 bits per heavy atom. The van der Waals surface area contributed by atoms with E-state index >= 15 is 0 Å². The van der Waals surface area contributed by atoms with Gasteiger partial charge in [0.25, 0.3) is 0 Å². The molecule has 0 spiro atoms. The van der Waals surface area contributed by atoms with Gasteiger partial charge in [0, 0.05) is 4.83 Å². The molecule has 1 atom stereocenters. The Bertz CT molecular complexity index is 396. The van der Waals surface area contributed by atoms with Crippen LogP contribution in [0.2, 0.25) is 0 Å². The second-order valence-corrected chi connectivity index (χ2v) is 6.32. The molecule has 1 nitrogen and oxygen atoms in total. The summed E-state index contributed by atoms with van der Waals surface area (Å²) in [5.74, 6) is 1.94. The molecule has 17 heavy (non-hydrogen) atoms. The number of rotatable bonds is 5. The molecule has 0 bridgehead atoms. The summed E-state index contributed by atoms with van der Waals surface area (Å²) >= 11 is 3.81. The number of ether oxygens (including phenoxy) is 1. The van der Waals surface area contributed by atoms with Gasteiger partial charge in [-0.05, 0) is 68.2 Å². The van der Waals surface area contributed by atoms with Crippen molar-refractivity contribution < 1.29 is 4.74 Å². The van der Waals surface area contributed by atoms with Crippen LogP contribution >= 0.6 is 15.9 Å². The smallest absolute Gasteiger partial charge is 0.122 e. The number of benzene rings is 1. The van der Waals surface area contributed by atoms with Crippen LogP contribution in [0.15, 0.2) is 12.1 Å². The molecule has 0 amide bonds. The van der Waals surface area contributed by atoms with Crippen LogP contribution in [0, 0.1) is 19.8 Å². The quantitative estimate of drug-likeness (QED) is 0.731. The molecule has 0 saturated heterocycles. The molecule has 94 valence electrons. The van der Waals surface area contributed by atoms with Crippen molar-refractivity contribution in [2.45, 2.75) is 44.4 Å². The number of hydrogen-bond donors (Lipinski definition) is 0. The average Bonchev–Trinajstić information content (AvgIpc) is 3.13. The lowest BCUT2D eigenvalue weighted by Gasteiger charge is -2.13. The van der Waals surface area contributed by atoms with Gasteiger partial charge in [-0.2, -0.15) is 0 Å². The number of methoxy groups -OCH3 is 1. The third-order valence-electron chi connectivity index (χ3n) is 3.68.